The van der Waals surface area contributed by atoms with Crippen LogP contribution in [0.15, 0.2) is 54.9 Å². The van der Waals surface area contributed by atoms with Crippen molar-refractivity contribution >= 4 is 46.1 Å². The summed E-state index contributed by atoms with van der Waals surface area (Å²) >= 11 is 6.21. The lowest BCUT2D eigenvalue weighted by molar-refractivity contribution is 0.104. The van der Waals surface area contributed by atoms with Crippen molar-refractivity contribution in [2.45, 2.75) is 19.8 Å². The molecule has 0 atom stereocenters. The van der Waals surface area contributed by atoms with Gasteiger partial charge in [-0.15, -0.1) is 0 Å². The number of rotatable bonds is 8. The maximum absolute atomic E-state index is 13.5. The summed E-state index contributed by atoms with van der Waals surface area (Å²) in [5.41, 5.74) is 10.3. The van der Waals surface area contributed by atoms with Crippen molar-refractivity contribution in [3.8, 4) is 0 Å². The summed E-state index contributed by atoms with van der Waals surface area (Å²) in [6.07, 6.45) is 3.01. The standard InChI is InChI=1S/C26H28ClN7O2/c1-16-9-10-22(21(27)12-16)32-26(36)31-18-7-4-6-17(13-18)24(35)20-14-19(8-5-11-33(2)3)34-23(20)25(28)29-15-30-34/h4,6-7,9-10,12-15H,5,8,11H2,1-3H3,(H2,28,29,30)(H2,31,32,36). The zero-order chi connectivity index (χ0) is 25.8. The minimum absolute atomic E-state index is 0.232. The number of amides is 2. The number of halogens is 1. The summed E-state index contributed by atoms with van der Waals surface area (Å²) in [6, 6.07) is 13.4. The van der Waals surface area contributed by atoms with Crippen molar-refractivity contribution in [1.29, 1.82) is 0 Å². The van der Waals surface area contributed by atoms with Gasteiger partial charge in [-0.25, -0.2) is 14.3 Å². The van der Waals surface area contributed by atoms with Crippen LogP contribution in [0.2, 0.25) is 5.02 Å². The third-order valence-electron chi connectivity index (χ3n) is 5.69. The van der Waals surface area contributed by atoms with Gasteiger partial charge in [0.1, 0.15) is 11.8 Å². The number of nitrogens with zero attached hydrogens (tertiary/aromatic N) is 4. The van der Waals surface area contributed by atoms with Gasteiger partial charge in [0.25, 0.3) is 0 Å². The van der Waals surface area contributed by atoms with Gasteiger partial charge in [-0.2, -0.15) is 5.10 Å². The Morgan fingerprint density at radius 3 is 2.67 bits per heavy atom. The number of aromatic nitrogens is 3. The Morgan fingerprint density at radius 1 is 1.11 bits per heavy atom. The molecular weight excluding hydrogens is 478 g/mol. The van der Waals surface area contributed by atoms with Crippen LogP contribution in [0.25, 0.3) is 5.52 Å². The van der Waals surface area contributed by atoms with E-state index in [4.69, 9.17) is 17.3 Å². The number of urea groups is 1. The summed E-state index contributed by atoms with van der Waals surface area (Å²) in [6.45, 7) is 2.82. The second-order valence-electron chi connectivity index (χ2n) is 8.83. The molecule has 0 unspecified atom stereocenters. The van der Waals surface area contributed by atoms with E-state index in [-0.39, 0.29) is 11.6 Å². The number of hydrogen-bond donors (Lipinski definition) is 3. The second kappa shape index (κ2) is 10.8. The average Bonchev–Trinajstić information content (AvgIpc) is 3.20. The molecule has 9 nitrogen and oxygen atoms in total. The fraction of sp³-hybridized carbons (Fsp3) is 0.231. The molecule has 0 bridgehead atoms. The van der Waals surface area contributed by atoms with Gasteiger partial charge in [0, 0.05) is 16.9 Å². The van der Waals surface area contributed by atoms with Gasteiger partial charge in [-0.05, 0) is 76.3 Å². The summed E-state index contributed by atoms with van der Waals surface area (Å²) in [5.74, 6) is -0.00524. The predicted octanol–water partition coefficient (Wildman–Crippen LogP) is 4.64. The highest BCUT2D eigenvalue weighted by Gasteiger charge is 2.21. The Morgan fingerprint density at radius 2 is 1.92 bits per heavy atom. The molecule has 186 valence electrons. The first-order chi connectivity index (χ1) is 17.2. The summed E-state index contributed by atoms with van der Waals surface area (Å²) in [7, 11) is 4.03. The Kier molecular flexibility index (Phi) is 7.52. The molecule has 0 aliphatic carbocycles. The molecule has 0 radical (unpaired) electrons. The van der Waals surface area contributed by atoms with Crippen LogP contribution in [0.5, 0.6) is 0 Å². The molecule has 0 saturated heterocycles. The molecule has 0 spiro atoms. The molecule has 4 aromatic rings. The van der Waals surface area contributed by atoms with Crippen LogP contribution in [0.4, 0.5) is 22.0 Å². The number of nitrogens with two attached hydrogens (primary N) is 1. The zero-order valence-corrected chi connectivity index (χ0v) is 21.1. The lowest BCUT2D eigenvalue weighted by Gasteiger charge is -2.10. The van der Waals surface area contributed by atoms with Crippen molar-refractivity contribution in [3.05, 3.63) is 82.3 Å². The molecule has 4 N–H and O–H groups in total. The molecule has 36 heavy (non-hydrogen) atoms. The molecule has 2 amide bonds. The first-order valence-corrected chi connectivity index (χ1v) is 11.9. The lowest BCUT2D eigenvalue weighted by Crippen LogP contribution is -2.19. The molecule has 4 rings (SSSR count). The van der Waals surface area contributed by atoms with Crippen LogP contribution in [-0.2, 0) is 6.42 Å². The SMILES string of the molecule is Cc1ccc(NC(=O)Nc2cccc(C(=O)c3cc(CCCN(C)C)n4ncnc(N)c34)c2)c(Cl)c1. The first kappa shape index (κ1) is 25.2. The zero-order valence-electron chi connectivity index (χ0n) is 20.4. The number of anilines is 3. The molecule has 0 fully saturated rings. The number of carbonyl (C=O) groups is 2. The molecular formula is C26H28ClN7O2. The van der Waals surface area contributed by atoms with E-state index in [1.807, 2.05) is 33.2 Å². The molecule has 2 aromatic heterocycles. The van der Waals surface area contributed by atoms with Crippen LogP contribution in [0.3, 0.4) is 0 Å². The third kappa shape index (κ3) is 5.64. The summed E-state index contributed by atoms with van der Waals surface area (Å²) in [5, 5.41) is 10.2. The Balaban J connectivity index is 1.57. The van der Waals surface area contributed by atoms with Gasteiger partial charge in [0.05, 0.1) is 16.3 Å². The Labute approximate surface area is 214 Å². The van der Waals surface area contributed by atoms with Crippen LogP contribution in [0.1, 0.15) is 33.6 Å². The second-order valence-corrected chi connectivity index (χ2v) is 9.24. The third-order valence-corrected chi connectivity index (χ3v) is 6.01. The van der Waals surface area contributed by atoms with E-state index in [0.29, 0.717) is 33.0 Å². The maximum Gasteiger partial charge on any atom is 0.323 e. The molecule has 2 aromatic carbocycles. The topological polar surface area (TPSA) is 118 Å². The van der Waals surface area contributed by atoms with Crippen molar-refractivity contribution in [2.75, 3.05) is 37.0 Å². The minimum atomic E-state index is -0.472. The summed E-state index contributed by atoms with van der Waals surface area (Å²) < 4.78 is 1.69. The van der Waals surface area contributed by atoms with Gasteiger partial charge in [-0.1, -0.05) is 29.8 Å². The Bertz CT molecular complexity index is 1430. The van der Waals surface area contributed by atoms with E-state index >= 15 is 0 Å². The molecule has 10 heteroatoms. The highest BCUT2D eigenvalue weighted by molar-refractivity contribution is 6.33. The van der Waals surface area contributed by atoms with Crippen molar-refractivity contribution in [3.63, 3.8) is 0 Å². The van der Waals surface area contributed by atoms with Crippen molar-refractivity contribution in [2.24, 2.45) is 0 Å². The van der Waals surface area contributed by atoms with Crippen LogP contribution in [0, 0.1) is 6.92 Å². The maximum atomic E-state index is 13.5. The fourth-order valence-electron chi connectivity index (χ4n) is 3.96. The molecule has 0 aliphatic rings. The lowest BCUT2D eigenvalue weighted by atomic mass is 10.0. The quantitative estimate of drug-likeness (QED) is 0.300. The van der Waals surface area contributed by atoms with Gasteiger partial charge in [-0.3, -0.25) is 4.79 Å². The number of nitrogens with one attached hydrogen (secondary N) is 2. The Hall–Kier alpha value is -3.95. The number of nitrogen functional groups attached to an aromatic ring is 1. The minimum Gasteiger partial charge on any atom is -0.382 e. The average molecular weight is 506 g/mol. The predicted molar refractivity (Wildman–Crippen MR) is 143 cm³/mol. The molecule has 0 saturated carbocycles. The number of benzene rings is 2. The van der Waals surface area contributed by atoms with E-state index in [2.05, 4.69) is 25.6 Å². The number of fused-ring (bicyclic) bond motifs is 1. The highest BCUT2D eigenvalue weighted by Crippen LogP contribution is 2.26. The highest BCUT2D eigenvalue weighted by atomic mass is 35.5. The largest absolute Gasteiger partial charge is 0.382 e. The van der Waals surface area contributed by atoms with Gasteiger partial charge in [0.2, 0.25) is 0 Å². The van der Waals surface area contributed by atoms with E-state index in [9.17, 15) is 9.59 Å². The molecule has 2 heterocycles. The van der Waals surface area contributed by atoms with Crippen molar-refractivity contribution < 1.29 is 9.59 Å². The normalized spacial score (nSPS) is 11.1. The number of ketones is 1. The van der Waals surface area contributed by atoms with E-state index < -0.39 is 6.03 Å². The van der Waals surface area contributed by atoms with Crippen molar-refractivity contribution in [1.82, 2.24) is 19.5 Å². The van der Waals surface area contributed by atoms with Crippen LogP contribution < -0.4 is 16.4 Å². The number of aryl methyl sites for hydroxylation is 2. The van der Waals surface area contributed by atoms with Crippen LogP contribution >= 0.6 is 11.6 Å². The first-order valence-electron chi connectivity index (χ1n) is 11.5. The van der Waals surface area contributed by atoms with Crippen LogP contribution in [-0.4, -0.2) is 52.0 Å². The number of hydrogen-bond acceptors (Lipinski definition) is 6. The van der Waals surface area contributed by atoms with E-state index in [0.717, 1.165) is 30.6 Å². The van der Waals surface area contributed by atoms with Gasteiger partial charge >= 0.3 is 6.03 Å². The smallest absolute Gasteiger partial charge is 0.323 e. The fourth-order valence-corrected chi connectivity index (χ4v) is 4.24. The van der Waals surface area contributed by atoms with Gasteiger partial charge < -0.3 is 21.3 Å². The van der Waals surface area contributed by atoms with Gasteiger partial charge in [0.15, 0.2) is 11.6 Å². The monoisotopic (exact) mass is 505 g/mol. The van der Waals surface area contributed by atoms with E-state index in [1.54, 1.807) is 40.9 Å². The van der Waals surface area contributed by atoms with E-state index in [1.165, 1.54) is 6.33 Å². The number of carbonyl (C=O) groups excluding carboxylic acids is 2. The molecule has 0 aliphatic heterocycles. The summed E-state index contributed by atoms with van der Waals surface area (Å²) in [4.78, 5) is 32.3.